The van der Waals surface area contributed by atoms with Crippen LogP contribution in [0, 0.1) is 0 Å². The van der Waals surface area contributed by atoms with Crippen LogP contribution in [0.1, 0.15) is 22.8 Å². The molecule has 0 saturated heterocycles. The van der Waals surface area contributed by atoms with Crippen LogP contribution in [0.2, 0.25) is 0 Å². The highest BCUT2D eigenvalue weighted by atomic mass is 32.2. The van der Waals surface area contributed by atoms with Gasteiger partial charge in [0.1, 0.15) is 6.10 Å². The molecule has 0 aliphatic carbocycles. The zero-order chi connectivity index (χ0) is 12.4. The van der Waals surface area contributed by atoms with Gasteiger partial charge in [-0.1, -0.05) is 24.3 Å². The van der Waals surface area contributed by atoms with Crippen molar-refractivity contribution in [1.29, 1.82) is 0 Å². The van der Waals surface area contributed by atoms with E-state index in [0.29, 0.717) is 13.2 Å². The van der Waals surface area contributed by atoms with E-state index in [0.717, 1.165) is 5.75 Å². The Morgan fingerprint density at radius 2 is 2.11 bits per heavy atom. The molecule has 94 valence electrons. The number of hydrogen-bond donors (Lipinski definition) is 1. The molecule has 2 heterocycles. The van der Waals surface area contributed by atoms with Crippen molar-refractivity contribution in [3.63, 3.8) is 0 Å². The quantitative estimate of drug-likeness (QED) is 0.933. The Morgan fingerprint density at radius 1 is 1.22 bits per heavy atom. The molecule has 18 heavy (non-hydrogen) atoms. The van der Waals surface area contributed by atoms with E-state index in [2.05, 4.69) is 35.7 Å². The van der Waals surface area contributed by atoms with E-state index < -0.39 is 0 Å². The number of ether oxygens (including phenoxy) is 1. The molecule has 2 N–H and O–H groups in total. The second-order valence-electron chi connectivity index (χ2n) is 4.19. The highest BCUT2D eigenvalue weighted by Gasteiger charge is 2.25. The van der Waals surface area contributed by atoms with Gasteiger partial charge < -0.3 is 10.5 Å². The normalized spacial score (nSPS) is 17.9. The van der Waals surface area contributed by atoms with E-state index in [4.69, 9.17) is 10.5 Å². The lowest BCUT2D eigenvalue weighted by Crippen LogP contribution is -2.14. The monoisotopic (exact) mass is 277 g/mol. The first-order valence-electron chi connectivity index (χ1n) is 6.00. The van der Waals surface area contributed by atoms with Crippen molar-refractivity contribution in [2.75, 3.05) is 13.2 Å². The van der Waals surface area contributed by atoms with Gasteiger partial charge in [-0.25, -0.2) is 0 Å². The lowest BCUT2D eigenvalue weighted by molar-refractivity contribution is 0.0850. The van der Waals surface area contributed by atoms with Crippen molar-refractivity contribution >= 4 is 23.1 Å². The predicted molar refractivity (Wildman–Crippen MR) is 77.2 cm³/mol. The SMILES string of the molecule is NCCOC1c2ccccc2CSc2sccc21. The van der Waals surface area contributed by atoms with E-state index in [1.54, 1.807) is 11.3 Å². The van der Waals surface area contributed by atoms with Crippen LogP contribution in [0.5, 0.6) is 0 Å². The van der Waals surface area contributed by atoms with Crippen LogP contribution in [-0.4, -0.2) is 13.2 Å². The maximum atomic E-state index is 5.99. The first-order valence-corrected chi connectivity index (χ1v) is 7.86. The summed E-state index contributed by atoms with van der Waals surface area (Å²) < 4.78 is 7.36. The number of benzene rings is 1. The van der Waals surface area contributed by atoms with Gasteiger partial charge in [0.15, 0.2) is 0 Å². The molecule has 0 radical (unpaired) electrons. The smallest absolute Gasteiger partial charge is 0.110 e. The lowest BCUT2D eigenvalue weighted by atomic mass is 9.99. The zero-order valence-electron chi connectivity index (χ0n) is 9.96. The molecule has 1 unspecified atom stereocenters. The standard InChI is InChI=1S/C14H15NOS2/c15-6-7-16-13-11-4-2-1-3-10(11)9-18-14-12(13)5-8-17-14/h1-5,8,13H,6-7,9,15H2. The third-order valence-corrected chi connectivity index (χ3v) is 5.36. The molecule has 3 rings (SSSR count). The Balaban J connectivity index is 2.05. The first kappa shape index (κ1) is 12.2. The highest BCUT2D eigenvalue weighted by molar-refractivity contribution is 8.00. The number of rotatable bonds is 3. The maximum Gasteiger partial charge on any atom is 0.110 e. The maximum absolute atomic E-state index is 5.99. The molecule has 0 bridgehead atoms. The molecule has 1 aromatic carbocycles. The summed E-state index contributed by atoms with van der Waals surface area (Å²) in [5, 5.41) is 2.14. The second-order valence-corrected chi connectivity index (χ2v) is 6.35. The number of thiophene rings is 1. The number of hydrogen-bond acceptors (Lipinski definition) is 4. The Hall–Kier alpha value is -0.810. The lowest BCUT2D eigenvalue weighted by Gasteiger charge is -2.18. The second kappa shape index (κ2) is 5.45. The molecule has 0 spiro atoms. The minimum Gasteiger partial charge on any atom is -0.367 e. The summed E-state index contributed by atoms with van der Waals surface area (Å²) in [6, 6.07) is 10.7. The van der Waals surface area contributed by atoms with Gasteiger partial charge >= 0.3 is 0 Å². The Labute approximate surface area is 115 Å². The van der Waals surface area contributed by atoms with Crippen molar-refractivity contribution in [2.24, 2.45) is 5.73 Å². The summed E-state index contributed by atoms with van der Waals surface area (Å²) in [6.07, 6.45) is 0.0426. The summed E-state index contributed by atoms with van der Waals surface area (Å²) in [4.78, 5) is 0. The summed E-state index contributed by atoms with van der Waals surface area (Å²) >= 11 is 3.70. The summed E-state index contributed by atoms with van der Waals surface area (Å²) in [5.41, 5.74) is 9.52. The third-order valence-electron chi connectivity index (χ3n) is 3.04. The van der Waals surface area contributed by atoms with Crippen LogP contribution in [0.4, 0.5) is 0 Å². The van der Waals surface area contributed by atoms with Gasteiger partial charge in [0, 0.05) is 17.9 Å². The van der Waals surface area contributed by atoms with Crippen LogP contribution in [-0.2, 0) is 10.5 Å². The number of thioether (sulfide) groups is 1. The van der Waals surface area contributed by atoms with Gasteiger partial charge in [0.2, 0.25) is 0 Å². The summed E-state index contributed by atoms with van der Waals surface area (Å²) in [7, 11) is 0. The van der Waals surface area contributed by atoms with Gasteiger partial charge in [-0.2, -0.15) is 0 Å². The molecule has 1 aliphatic rings. The molecule has 0 saturated carbocycles. The fraction of sp³-hybridized carbons (Fsp3) is 0.286. The van der Waals surface area contributed by atoms with Crippen molar-refractivity contribution in [3.05, 3.63) is 52.4 Å². The molecular formula is C14H15NOS2. The number of fused-ring (bicyclic) bond motifs is 2. The van der Waals surface area contributed by atoms with Gasteiger partial charge in [-0.3, -0.25) is 0 Å². The highest BCUT2D eigenvalue weighted by Crippen LogP contribution is 2.43. The first-order chi connectivity index (χ1) is 8.90. The van der Waals surface area contributed by atoms with Crippen LogP contribution in [0.3, 0.4) is 0 Å². The van der Waals surface area contributed by atoms with Gasteiger partial charge in [-0.15, -0.1) is 23.1 Å². The topological polar surface area (TPSA) is 35.2 Å². The van der Waals surface area contributed by atoms with Crippen LogP contribution >= 0.6 is 23.1 Å². The van der Waals surface area contributed by atoms with Crippen molar-refractivity contribution in [3.8, 4) is 0 Å². The van der Waals surface area contributed by atoms with Gasteiger partial charge in [0.25, 0.3) is 0 Å². The fourth-order valence-corrected chi connectivity index (χ4v) is 4.37. The molecule has 1 aromatic heterocycles. The van der Waals surface area contributed by atoms with Gasteiger partial charge in [0.05, 0.1) is 10.8 Å². The predicted octanol–water partition coefficient (Wildman–Crippen LogP) is 3.42. The largest absolute Gasteiger partial charge is 0.367 e. The Kier molecular flexibility index (Phi) is 3.70. The molecular weight excluding hydrogens is 262 g/mol. The van der Waals surface area contributed by atoms with Gasteiger partial charge in [-0.05, 0) is 22.6 Å². The third kappa shape index (κ3) is 2.21. The van der Waals surface area contributed by atoms with E-state index in [1.165, 1.54) is 20.9 Å². The zero-order valence-corrected chi connectivity index (χ0v) is 11.6. The molecule has 1 aliphatic heterocycles. The molecule has 0 amide bonds. The van der Waals surface area contributed by atoms with E-state index >= 15 is 0 Å². The Morgan fingerprint density at radius 3 is 3.00 bits per heavy atom. The van der Waals surface area contributed by atoms with Crippen molar-refractivity contribution in [1.82, 2.24) is 0 Å². The van der Waals surface area contributed by atoms with E-state index in [-0.39, 0.29) is 6.10 Å². The molecule has 2 aromatic rings. The summed E-state index contributed by atoms with van der Waals surface area (Å²) in [6.45, 7) is 1.16. The average Bonchev–Trinajstić information content (AvgIpc) is 2.81. The molecule has 0 fully saturated rings. The van der Waals surface area contributed by atoms with Crippen molar-refractivity contribution in [2.45, 2.75) is 16.1 Å². The van der Waals surface area contributed by atoms with Crippen molar-refractivity contribution < 1.29 is 4.74 Å². The van der Waals surface area contributed by atoms with Crippen LogP contribution in [0.15, 0.2) is 39.9 Å². The van der Waals surface area contributed by atoms with E-state index in [1.807, 2.05) is 11.8 Å². The molecule has 2 nitrogen and oxygen atoms in total. The fourth-order valence-electron chi connectivity index (χ4n) is 2.21. The molecule has 1 atom stereocenters. The number of nitrogens with two attached hydrogens (primary N) is 1. The minimum atomic E-state index is 0.0426. The summed E-state index contributed by atoms with van der Waals surface area (Å²) in [5.74, 6) is 1.02. The van der Waals surface area contributed by atoms with Crippen LogP contribution < -0.4 is 5.73 Å². The Bertz CT molecular complexity index is 538. The van der Waals surface area contributed by atoms with Crippen LogP contribution in [0.25, 0.3) is 0 Å². The average molecular weight is 277 g/mol. The minimum absolute atomic E-state index is 0.0426. The molecule has 4 heteroatoms. The van der Waals surface area contributed by atoms with E-state index in [9.17, 15) is 0 Å².